The van der Waals surface area contributed by atoms with Crippen molar-refractivity contribution in [1.29, 1.82) is 0 Å². The second-order valence-electron chi connectivity index (χ2n) is 4.39. The lowest BCUT2D eigenvalue weighted by Gasteiger charge is -2.24. The normalized spacial score (nSPS) is 12.9. The number of hydrogen-bond acceptors (Lipinski definition) is 3. The van der Waals surface area contributed by atoms with Gasteiger partial charge in [0.1, 0.15) is 0 Å². The van der Waals surface area contributed by atoms with Crippen LogP contribution in [-0.2, 0) is 6.54 Å². The number of nitrogens with two attached hydrogens (primary N) is 1. The molecule has 0 amide bonds. The van der Waals surface area contributed by atoms with Gasteiger partial charge in [0.25, 0.3) is 0 Å². The molecule has 0 spiro atoms. The van der Waals surface area contributed by atoms with Crippen molar-refractivity contribution in [2.45, 2.75) is 19.5 Å². The first-order valence-corrected chi connectivity index (χ1v) is 5.73. The van der Waals surface area contributed by atoms with Crippen LogP contribution >= 0.6 is 0 Å². The molecule has 0 radical (unpaired) electrons. The Morgan fingerprint density at radius 2 is 1.94 bits per heavy atom. The van der Waals surface area contributed by atoms with Crippen LogP contribution in [0.4, 0.5) is 5.69 Å². The van der Waals surface area contributed by atoms with Crippen LogP contribution in [0.15, 0.2) is 47.3 Å². The van der Waals surface area contributed by atoms with E-state index >= 15 is 0 Å². The molecular formula is C14H18N2O. The third kappa shape index (κ3) is 2.88. The molecule has 1 aromatic carbocycles. The van der Waals surface area contributed by atoms with Crippen molar-refractivity contribution in [3.63, 3.8) is 0 Å². The average Bonchev–Trinajstić information content (AvgIpc) is 2.82. The SMILES string of the molecule is CC(c1ccc(N)cc1)N(C)Cc1ccoc1. The molecule has 0 fully saturated rings. The first-order chi connectivity index (χ1) is 8.16. The van der Waals surface area contributed by atoms with E-state index in [0.717, 1.165) is 12.2 Å². The number of benzene rings is 1. The number of furan rings is 1. The quantitative estimate of drug-likeness (QED) is 0.821. The zero-order valence-electron chi connectivity index (χ0n) is 10.3. The van der Waals surface area contributed by atoms with Crippen molar-refractivity contribution in [3.05, 3.63) is 54.0 Å². The number of nitrogens with zero attached hydrogens (tertiary/aromatic N) is 1. The van der Waals surface area contributed by atoms with Crippen LogP contribution in [0.5, 0.6) is 0 Å². The Morgan fingerprint density at radius 1 is 1.24 bits per heavy atom. The fourth-order valence-electron chi connectivity index (χ4n) is 1.84. The van der Waals surface area contributed by atoms with Gasteiger partial charge in [-0.15, -0.1) is 0 Å². The first kappa shape index (κ1) is 11.7. The fourth-order valence-corrected chi connectivity index (χ4v) is 1.84. The Bertz CT molecular complexity index is 448. The van der Waals surface area contributed by atoms with Crippen molar-refractivity contribution in [2.75, 3.05) is 12.8 Å². The van der Waals surface area contributed by atoms with Gasteiger partial charge in [0, 0.05) is 23.8 Å². The van der Waals surface area contributed by atoms with E-state index in [2.05, 4.69) is 31.0 Å². The van der Waals surface area contributed by atoms with Crippen LogP contribution in [-0.4, -0.2) is 11.9 Å². The summed E-state index contributed by atoms with van der Waals surface area (Å²) >= 11 is 0. The summed E-state index contributed by atoms with van der Waals surface area (Å²) in [6.45, 7) is 3.06. The molecule has 0 aliphatic heterocycles. The molecule has 3 heteroatoms. The van der Waals surface area contributed by atoms with Crippen molar-refractivity contribution in [1.82, 2.24) is 4.90 Å². The monoisotopic (exact) mass is 230 g/mol. The third-order valence-electron chi connectivity index (χ3n) is 3.09. The van der Waals surface area contributed by atoms with Gasteiger partial charge in [0.05, 0.1) is 12.5 Å². The highest BCUT2D eigenvalue weighted by Crippen LogP contribution is 2.21. The molecular weight excluding hydrogens is 212 g/mol. The largest absolute Gasteiger partial charge is 0.472 e. The summed E-state index contributed by atoms with van der Waals surface area (Å²) in [6, 6.07) is 10.4. The molecule has 1 atom stereocenters. The average molecular weight is 230 g/mol. The number of rotatable bonds is 4. The van der Waals surface area contributed by atoms with Crippen molar-refractivity contribution in [3.8, 4) is 0 Å². The van der Waals surface area contributed by atoms with Crippen molar-refractivity contribution >= 4 is 5.69 Å². The van der Waals surface area contributed by atoms with E-state index in [4.69, 9.17) is 10.2 Å². The number of hydrogen-bond donors (Lipinski definition) is 1. The van der Waals surface area contributed by atoms with E-state index in [1.807, 2.05) is 18.2 Å². The van der Waals surface area contributed by atoms with E-state index in [-0.39, 0.29) is 0 Å². The highest BCUT2D eigenvalue weighted by molar-refractivity contribution is 5.40. The van der Waals surface area contributed by atoms with Crippen molar-refractivity contribution < 1.29 is 4.42 Å². The molecule has 1 unspecified atom stereocenters. The summed E-state index contributed by atoms with van der Waals surface area (Å²) in [6.07, 6.45) is 3.49. The molecule has 2 aromatic rings. The summed E-state index contributed by atoms with van der Waals surface area (Å²) in [4.78, 5) is 2.27. The van der Waals surface area contributed by atoms with Crippen LogP contribution in [0.25, 0.3) is 0 Å². The molecule has 1 heterocycles. The van der Waals surface area contributed by atoms with Gasteiger partial charge in [-0.3, -0.25) is 4.90 Å². The highest BCUT2D eigenvalue weighted by Gasteiger charge is 2.12. The van der Waals surface area contributed by atoms with Crippen LogP contribution < -0.4 is 5.73 Å². The second kappa shape index (κ2) is 5.06. The van der Waals surface area contributed by atoms with Crippen LogP contribution in [0.2, 0.25) is 0 Å². The van der Waals surface area contributed by atoms with E-state index in [1.165, 1.54) is 11.1 Å². The summed E-state index contributed by atoms with van der Waals surface area (Å²) in [5.74, 6) is 0. The van der Waals surface area contributed by atoms with E-state index in [1.54, 1.807) is 12.5 Å². The zero-order valence-corrected chi connectivity index (χ0v) is 10.3. The molecule has 0 saturated heterocycles. The van der Waals surface area contributed by atoms with Gasteiger partial charge >= 0.3 is 0 Å². The third-order valence-corrected chi connectivity index (χ3v) is 3.09. The predicted molar refractivity (Wildman–Crippen MR) is 69.4 cm³/mol. The molecule has 0 bridgehead atoms. The Balaban J connectivity index is 2.04. The minimum Gasteiger partial charge on any atom is -0.472 e. The molecule has 17 heavy (non-hydrogen) atoms. The van der Waals surface area contributed by atoms with Gasteiger partial charge in [-0.2, -0.15) is 0 Å². The minimum atomic E-state index is 0.352. The molecule has 0 aliphatic carbocycles. The molecule has 90 valence electrons. The van der Waals surface area contributed by atoms with Gasteiger partial charge in [0.15, 0.2) is 0 Å². The highest BCUT2D eigenvalue weighted by atomic mass is 16.3. The maximum Gasteiger partial charge on any atom is 0.0947 e. The lowest BCUT2D eigenvalue weighted by atomic mass is 10.1. The number of nitrogen functional groups attached to an aromatic ring is 1. The summed E-state index contributed by atoms with van der Waals surface area (Å²) in [7, 11) is 2.11. The van der Waals surface area contributed by atoms with Crippen molar-refractivity contribution in [2.24, 2.45) is 0 Å². The Hall–Kier alpha value is -1.74. The standard InChI is InChI=1S/C14H18N2O/c1-11(13-3-5-14(15)6-4-13)16(2)9-12-7-8-17-10-12/h3-8,10-11H,9,15H2,1-2H3. The first-order valence-electron chi connectivity index (χ1n) is 5.73. The van der Waals surface area contributed by atoms with E-state index in [9.17, 15) is 0 Å². The molecule has 2 N–H and O–H groups in total. The maximum absolute atomic E-state index is 5.69. The summed E-state index contributed by atoms with van der Waals surface area (Å²) in [5.41, 5.74) is 8.95. The molecule has 2 rings (SSSR count). The lowest BCUT2D eigenvalue weighted by Crippen LogP contribution is -2.21. The second-order valence-corrected chi connectivity index (χ2v) is 4.39. The number of anilines is 1. The Kier molecular flexibility index (Phi) is 3.49. The molecule has 3 nitrogen and oxygen atoms in total. The molecule has 0 saturated carbocycles. The van der Waals surface area contributed by atoms with Crippen LogP contribution in [0.3, 0.4) is 0 Å². The summed E-state index contributed by atoms with van der Waals surface area (Å²) < 4.78 is 5.07. The predicted octanol–water partition coefficient (Wildman–Crippen LogP) is 3.05. The van der Waals surface area contributed by atoms with Crippen LogP contribution in [0.1, 0.15) is 24.1 Å². The minimum absolute atomic E-state index is 0.352. The lowest BCUT2D eigenvalue weighted by molar-refractivity contribution is 0.252. The smallest absolute Gasteiger partial charge is 0.0947 e. The van der Waals surface area contributed by atoms with Crippen LogP contribution in [0, 0.1) is 0 Å². The van der Waals surface area contributed by atoms with Gasteiger partial charge in [-0.25, -0.2) is 0 Å². The van der Waals surface area contributed by atoms with Gasteiger partial charge in [0.2, 0.25) is 0 Å². The Labute approximate surface area is 102 Å². The maximum atomic E-state index is 5.69. The Morgan fingerprint density at radius 3 is 2.53 bits per heavy atom. The summed E-state index contributed by atoms with van der Waals surface area (Å²) in [5, 5.41) is 0. The van der Waals surface area contributed by atoms with E-state index < -0.39 is 0 Å². The van der Waals surface area contributed by atoms with Gasteiger partial charge in [-0.05, 0) is 37.7 Å². The van der Waals surface area contributed by atoms with Gasteiger partial charge < -0.3 is 10.2 Å². The topological polar surface area (TPSA) is 42.4 Å². The fraction of sp³-hybridized carbons (Fsp3) is 0.286. The van der Waals surface area contributed by atoms with Gasteiger partial charge in [-0.1, -0.05) is 12.1 Å². The molecule has 0 aliphatic rings. The zero-order chi connectivity index (χ0) is 12.3. The van der Waals surface area contributed by atoms with E-state index in [0.29, 0.717) is 6.04 Å². The molecule has 1 aromatic heterocycles.